The molecule has 0 radical (unpaired) electrons. The summed E-state index contributed by atoms with van der Waals surface area (Å²) >= 11 is 12.8. The van der Waals surface area contributed by atoms with Crippen molar-refractivity contribution in [2.24, 2.45) is 0 Å². The molecule has 0 aliphatic rings. The summed E-state index contributed by atoms with van der Waals surface area (Å²) in [5, 5.41) is 3.22. The Morgan fingerprint density at radius 3 is 2.18 bits per heavy atom. The van der Waals surface area contributed by atoms with Gasteiger partial charge in [-0.2, -0.15) is 0 Å². The molecule has 0 aliphatic carbocycles. The van der Waals surface area contributed by atoms with E-state index in [1.807, 2.05) is 75.4 Å². The van der Waals surface area contributed by atoms with Gasteiger partial charge in [-0.1, -0.05) is 95.5 Å². The van der Waals surface area contributed by atoms with E-state index in [9.17, 15) is 18.0 Å². The normalized spacial score (nSPS) is 11.9. The second kappa shape index (κ2) is 14.8. The molecule has 10 heteroatoms. The monoisotopic (exact) mass is 651 g/mol. The molecule has 0 aliphatic heterocycles. The number of halogens is 2. The molecule has 0 saturated heterocycles. The molecule has 4 aromatic rings. The van der Waals surface area contributed by atoms with Crippen molar-refractivity contribution in [3.8, 4) is 0 Å². The Bertz CT molecular complexity index is 1710. The molecular formula is C34H35Cl2N3O4S. The lowest BCUT2D eigenvalue weighted by Crippen LogP contribution is -2.53. The third-order valence-corrected chi connectivity index (χ3v) is 9.62. The lowest BCUT2D eigenvalue weighted by atomic mass is 10.0. The molecule has 0 heterocycles. The third-order valence-electron chi connectivity index (χ3n) is 7.29. The lowest BCUT2D eigenvalue weighted by molar-refractivity contribution is -0.140. The summed E-state index contributed by atoms with van der Waals surface area (Å²) in [5.41, 5.74) is 3.55. The molecule has 0 fully saturated rings. The van der Waals surface area contributed by atoms with Gasteiger partial charge >= 0.3 is 0 Å². The third kappa shape index (κ3) is 8.00. The molecule has 0 saturated carbocycles. The highest BCUT2D eigenvalue weighted by Gasteiger charge is 2.35. The summed E-state index contributed by atoms with van der Waals surface area (Å²) in [4.78, 5) is 29.5. The zero-order valence-corrected chi connectivity index (χ0v) is 27.2. The van der Waals surface area contributed by atoms with E-state index in [0.29, 0.717) is 6.54 Å². The molecule has 0 aromatic heterocycles. The minimum absolute atomic E-state index is 0.0121. The fourth-order valence-electron chi connectivity index (χ4n) is 4.84. The quantitative estimate of drug-likeness (QED) is 0.187. The zero-order valence-electron chi connectivity index (χ0n) is 24.8. The van der Waals surface area contributed by atoms with Gasteiger partial charge in [0.15, 0.2) is 0 Å². The maximum absolute atomic E-state index is 14.5. The van der Waals surface area contributed by atoms with E-state index in [1.54, 1.807) is 18.2 Å². The van der Waals surface area contributed by atoms with E-state index in [-0.39, 0.29) is 39.5 Å². The first-order valence-electron chi connectivity index (χ1n) is 14.2. The van der Waals surface area contributed by atoms with Gasteiger partial charge in [-0.05, 0) is 67.8 Å². The molecule has 230 valence electrons. The van der Waals surface area contributed by atoms with E-state index in [2.05, 4.69) is 5.32 Å². The average molecular weight is 653 g/mol. The van der Waals surface area contributed by atoms with Gasteiger partial charge in [0.2, 0.25) is 11.8 Å². The van der Waals surface area contributed by atoms with E-state index in [1.165, 1.54) is 29.2 Å². The van der Waals surface area contributed by atoms with Gasteiger partial charge in [0.05, 0.1) is 15.6 Å². The Kier molecular flexibility index (Phi) is 11.1. The van der Waals surface area contributed by atoms with Crippen molar-refractivity contribution in [2.45, 2.75) is 44.7 Å². The minimum Gasteiger partial charge on any atom is -0.355 e. The van der Waals surface area contributed by atoms with Crippen molar-refractivity contribution in [2.75, 3.05) is 17.4 Å². The maximum atomic E-state index is 14.5. The van der Waals surface area contributed by atoms with Gasteiger partial charge in [0.25, 0.3) is 10.0 Å². The predicted octanol–water partition coefficient (Wildman–Crippen LogP) is 6.58. The van der Waals surface area contributed by atoms with Crippen molar-refractivity contribution in [1.82, 2.24) is 10.2 Å². The Labute approximate surface area is 269 Å². The van der Waals surface area contributed by atoms with Crippen LogP contribution in [-0.2, 0) is 32.6 Å². The maximum Gasteiger partial charge on any atom is 0.264 e. The van der Waals surface area contributed by atoms with E-state index in [0.717, 1.165) is 26.6 Å². The first-order chi connectivity index (χ1) is 21.0. The summed E-state index contributed by atoms with van der Waals surface area (Å²) in [6, 6.07) is 26.8. The fraction of sp³-hybridized carbons (Fsp3) is 0.235. The van der Waals surface area contributed by atoms with Gasteiger partial charge in [-0.25, -0.2) is 8.42 Å². The fourth-order valence-corrected chi connectivity index (χ4v) is 6.71. The summed E-state index contributed by atoms with van der Waals surface area (Å²) in [5.74, 6) is -0.917. The summed E-state index contributed by atoms with van der Waals surface area (Å²) < 4.78 is 29.3. The number of nitrogens with one attached hydrogen (secondary N) is 1. The van der Waals surface area contributed by atoms with Crippen LogP contribution in [0.15, 0.2) is 102 Å². The molecule has 4 rings (SSSR count). The van der Waals surface area contributed by atoms with E-state index < -0.39 is 28.5 Å². The Balaban J connectivity index is 1.83. The van der Waals surface area contributed by atoms with Crippen LogP contribution < -0.4 is 9.62 Å². The van der Waals surface area contributed by atoms with E-state index >= 15 is 0 Å². The molecule has 1 atom stereocenters. The Hall–Kier alpha value is -3.85. The zero-order chi connectivity index (χ0) is 31.9. The SMILES string of the molecule is CCNC(=O)[C@@H](Cc1ccccc1)N(Cc1ccccc1C)C(=O)CN(c1cc(Cl)ccc1Cl)S(=O)(=O)c1ccc(C)cc1. The highest BCUT2D eigenvalue weighted by molar-refractivity contribution is 7.92. The highest BCUT2D eigenvalue weighted by atomic mass is 35.5. The average Bonchev–Trinajstić information content (AvgIpc) is 3.00. The lowest BCUT2D eigenvalue weighted by Gasteiger charge is -2.34. The number of benzene rings is 4. The van der Waals surface area contributed by atoms with Gasteiger partial charge in [-0.15, -0.1) is 0 Å². The number of sulfonamides is 1. The Morgan fingerprint density at radius 1 is 0.864 bits per heavy atom. The van der Waals surface area contributed by atoms with Crippen LogP contribution in [0, 0.1) is 13.8 Å². The Morgan fingerprint density at radius 2 is 1.52 bits per heavy atom. The van der Waals surface area contributed by atoms with Crippen LogP contribution in [0.4, 0.5) is 5.69 Å². The number of rotatable bonds is 12. The standard InChI is InChI=1S/C34H35Cl2N3O4S/c1-4-37-34(41)32(20-26-11-6-5-7-12-26)38(22-27-13-9-8-10-25(27)3)33(40)23-39(31-21-28(35)16-19-30(31)36)44(42,43)29-17-14-24(2)15-18-29/h5-19,21,32H,4,20,22-23H2,1-3H3,(H,37,41)/t32-/m1/s1. The topological polar surface area (TPSA) is 86.8 Å². The van der Waals surface area contributed by atoms with Gasteiger partial charge in [0, 0.05) is 24.5 Å². The van der Waals surface area contributed by atoms with Crippen molar-refractivity contribution >= 4 is 50.7 Å². The van der Waals surface area contributed by atoms with Gasteiger partial charge in [0.1, 0.15) is 12.6 Å². The smallest absolute Gasteiger partial charge is 0.264 e. The number of amides is 2. The first kappa shape index (κ1) is 33.1. The summed E-state index contributed by atoms with van der Waals surface area (Å²) in [6.07, 6.45) is 0.229. The van der Waals surface area contributed by atoms with Crippen LogP contribution in [0.5, 0.6) is 0 Å². The molecule has 0 unspecified atom stereocenters. The molecule has 1 N–H and O–H groups in total. The number of likely N-dealkylation sites (N-methyl/N-ethyl adjacent to an activating group) is 1. The van der Waals surface area contributed by atoms with Crippen LogP contribution >= 0.6 is 23.2 Å². The number of carbonyl (C=O) groups is 2. The summed E-state index contributed by atoms with van der Waals surface area (Å²) in [7, 11) is -4.29. The molecule has 7 nitrogen and oxygen atoms in total. The summed E-state index contributed by atoms with van der Waals surface area (Å²) in [6.45, 7) is 5.42. The van der Waals surface area contributed by atoms with Gasteiger partial charge in [-0.3, -0.25) is 13.9 Å². The number of hydrogen-bond donors (Lipinski definition) is 1. The molecule has 0 spiro atoms. The van der Waals surface area contributed by atoms with Crippen molar-refractivity contribution in [1.29, 1.82) is 0 Å². The molecule has 4 aromatic carbocycles. The predicted molar refractivity (Wildman–Crippen MR) is 177 cm³/mol. The van der Waals surface area contributed by atoms with Crippen LogP contribution in [-0.4, -0.2) is 44.3 Å². The molecule has 44 heavy (non-hydrogen) atoms. The first-order valence-corrected chi connectivity index (χ1v) is 16.4. The van der Waals surface area contributed by atoms with Crippen molar-refractivity contribution < 1.29 is 18.0 Å². The number of carbonyl (C=O) groups excluding carboxylic acids is 2. The van der Waals surface area contributed by atoms with E-state index in [4.69, 9.17) is 23.2 Å². The van der Waals surface area contributed by atoms with Crippen LogP contribution in [0.1, 0.15) is 29.2 Å². The van der Waals surface area contributed by atoms with Crippen LogP contribution in [0.25, 0.3) is 0 Å². The molecular weight excluding hydrogens is 617 g/mol. The van der Waals surface area contributed by atoms with Crippen molar-refractivity contribution in [3.05, 3.63) is 129 Å². The second-order valence-corrected chi connectivity index (χ2v) is 13.2. The number of anilines is 1. The second-order valence-electron chi connectivity index (χ2n) is 10.5. The van der Waals surface area contributed by atoms with Crippen molar-refractivity contribution in [3.63, 3.8) is 0 Å². The number of aryl methyl sites for hydroxylation is 2. The molecule has 2 amide bonds. The highest BCUT2D eigenvalue weighted by Crippen LogP contribution is 2.33. The molecule has 0 bridgehead atoms. The van der Waals surface area contributed by atoms with Crippen LogP contribution in [0.2, 0.25) is 10.0 Å². The van der Waals surface area contributed by atoms with Gasteiger partial charge < -0.3 is 10.2 Å². The number of hydrogen-bond acceptors (Lipinski definition) is 4. The van der Waals surface area contributed by atoms with Crippen LogP contribution in [0.3, 0.4) is 0 Å². The minimum atomic E-state index is -4.29. The number of nitrogens with zero attached hydrogens (tertiary/aromatic N) is 2. The largest absolute Gasteiger partial charge is 0.355 e.